The van der Waals surface area contributed by atoms with E-state index in [0.29, 0.717) is 17.5 Å². The van der Waals surface area contributed by atoms with Gasteiger partial charge in [0.25, 0.3) is 0 Å². The van der Waals surface area contributed by atoms with Crippen molar-refractivity contribution in [2.75, 3.05) is 0 Å². The minimum absolute atomic E-state index is 0.363. The van der Waals surface area contributed by atoms with Crippen molar-refractivity contribution in [1.82, 2.24) is 4.98 Å². The zero-order valence-corrected chi connectivity index (χ0v) is 6.92. The van der Waals surface area contributed by atoms with Crippen LogP contribution in [0.3, 0.4) is 0 Å². The van der Waals surface area contributed by atoms with E-state index in [1.807, 2.05) is 0 Å². The molecule has 1 nitrogen and oxygen atoms in total. The molecule has 4 heteroatoms. The van der Waals surface area contributed by atoms with Crippen LogP contribution in [-0.2, 0) is 12.6 Å². The van der Waals surface area contributed by atoms with Gasteiger partial charge >= 0.3 is 6.18 Å². The Bertz CT molecular complexity index is 272. The van der Waals surface area contributed by atoms with E-state index in [9.17, 15) is 13.2 Å². The van der Waals surface area contributed by atoms with Crippen LogP contribution >= 0.6 is 0 Å². The maximum Gasteiger partial charge on any atom is 0.431 e. The van der Waals surface area contributed by atoms with E-state index in [0.717, 1.165) is 0 Å². The van der Waals surface area contributed by atoms with Crippen molar-refractivity contribution in [3.05, 3.63) is 23.0 Å². The van der Waals surface area contributed by atoms with Crippen LogP contribution in [0, 0.1) is 6.92 Å². The van der Waals surface area contributed by atoms with Gasteiger partial charge in [-0.3, -0.25) is 0 Å². The summed E-state index contributed by atoms with van der Waals surface area (Å²) in [6, 6.07) is 0. The Morgan fingerprint density at radius 1 is 1.42 bits per heavy atom. The van der Waals surface area contributed by atoms with E-state index in [2.05, 4.69) is 4.98 Å². The van der Waals surface area contributed by atoms with Crippen molar-refractivity contribution in [1.29, 1.82) is 0 Å². The van der Waals surface area contributed by atoms with Crippen LogP contribution in [0.1, 0.15) is 23.7 Å². The van der Waals surface area contributed by atoms with E-state index < -0.39 is 11.9 Å². The van der Waals surface area contributed by atoms with Gasteiger partial charge in [0.1, 0.15) is 5.69 Å². The number of alkyl halides is 3. The Morgan fingerprint density at radius 3 is 2.33 bits per heavy atom. The molecule has 0 bridgehead atoms. The van der Waals surface area contributed by atoms with Crippen molar-refractivity contribution in [3.63, 3.8) is 0 Å². The topological polar surface area (TPSA) is 15.8 Å². The van der Waals surface area contributed by atoms with Crippen LogP contribution in [0.4, 0.5) is 13.2 Å². The summed E-state index contributed by atoms with van der Waals surface area (Å²) in [5, 5.41) is 0. The first-order valence-electron chi connectivity index (χ1n) is 3.70. The minimum Gasteiger partial charge on any atom is -0.357 e. The molecule has 0 saturated heterocycles. The molecule has 0 spiro atoms. The number of aromatic amines is 1. The van der Waals surface area contributed by atoms with Gasteiger partial charge in [0.2, 0.25) is 0 Å². The molecule has 0 aliphatic carbocycles. The monoisotopic (exact) mass is 177 g/mol. The third-order valence-electron chi connectivity index (χ3n) is 1.85. The van der Waals surface area contributed by atoms with Gasteiger partial charge in [0, 0.05) is 6.20 Å². The van der Waals surface area contributed by atoms with Crippen molar-refractivity contribution in [2.45, 2.75) is 26.4 Å². The van der Waals surface area contributed by atoms with Crippen molar-refractivity contribution in [2.24, 2.45) is 0 Å². The smallest absolute Gasteiger partial charge is 0.357 e. The van der Waals surface area contributed by atoms with Gasteiger partial charge in [-0.25, -0.2) is 0 Å². The van der Waals surface area contributed by atoms with Crippen LogP contribution in [0.5, 0.6) is 0 Å². The zero-order chi connectivity index (χ0) is 9.35. The fraction of sp³-hybridized carbons (Fsp3) is 0.500. The average Bonchev–Trinajstić information content (AvgIpc) is 2.29. The largest absolute Gasteiger partial charge is 0.431 e. The lowest BCUT2D eigenvalue weighted by Gasteiger charge is -2.06. The van der Waals surface area contributed by atoms with Crippen molar-refractivity contribution < 1.29 is 13.2 Å². The summed E-state index contributed by atoms with van der Waals surface area (Å²) in [6.45, 7) is 3.38. The molecule has 0 unspecified atom stereocenters. The van der Waals surface area contributed by atoms with E-state index in [4.69, 9.17) is 0 Å². The van der Waals surface area contributed by atoms with Crippen LogP contribution in [0.2, 0.25) is 0 Å². The first kappa shape index (κ1) is 9.16. The lowest BCUT2D eigenvalue weighted by atomic mass is 10.1. The maximum absolute atomic E-state index is 12.2. The van der Waals surface area contributed by atoms with Crippen molar-refractivity contribution >= 4 is 0 Å². The molecule has 1 N–H and O–H groups in total. The maximum atomic E-state index is 12.2. The second kappa shape index (κ2) is 2.84. The lowest BCUT2D eigenvalue weighted by Crippen LogP contribution is -2.08. The van der Waals surface area contributed by atoms with Gasteiger partial charge in [-0.2, -0.15) is 13.2 Å². The summed E-state index contributed by atoms with van der Waals surface area (Å²) in [6.07, 6.45) is -2.45. The molecule has 1 aromatic rings. The number of H-pyrrole nitrogens is 1. The van der Waals surface area contributed by atoms with E-state index in [-0.39, 0.29) is 0 Å². The zero-order valence-electron chi connectivity index (χ0n) is 6.92. The third-order valence-corrected chi connectivity index (χ3v) is 1.85. The fourth-order valence-electron chi connectivity index (χ4n) is 1.26. The quantitative estimate of drug-likeness (QED) is 0.678. The number of aromatic nitrogens is 1. The van der Waals surface area contributed by atoms with Gasteiger partial charge in [-0.05, 0) is 24.5 Å². The summed E-state index contributed by atoms with van der Waals surface area (Å²) in [5.74, 6) is 0. The van der Waals surface area contributed by atoms with Crippen LogP contribution < -0.4 is 0 Å². The average molecular weight is 177 g/mol. The molecule has 0 aromatic carbocycles. The Hall–Kier alpha value is -0.930. The Kier molecular flexibility index (Phi) is 2.17. The molecule has 0 saturated carbocycles. The van der Waals surface area contributed by atoms with Gasteiger partial charge in [-0.15, -0.1) is 0 Å². The highest BCUT2D eigenvalue weighted by atomic mass is 19.4. The Labute approximate surface area is 68.6 Å². The standard InChI is InChI=1S/C8H10F3N/c1-3-6-5(2)4-12-7(6)8(9,10)11/h4,12H,3H2,1-2H3. The van der Waals surface area contributed by atoms with Gasteiger partial charge < -0.3 is 4.98 Å². The van der Waals surface area contributed by atoms with Crippen molar-refractivity contribution in [3.8, 4) is 0 Å². The number of rotatable bonds is 1. The Morgan fingerprint density at radius 2 is 2.00 bits per heavy atom. The van der Waals surface area contributed by atoms with Crippen LogP contribution in [-0.4, -0.2) is 4.98 Å². The van der Waals surface area contributed by atoms with Gasteiger partial charge in [0.15, 0.2) is 0 Å². The summed E-state index contributed by atoms with van der Waals surface area (Å²) in [7, 11) is 0. The predicted octanol–water partition coefficient (Wildman–Crippen LogP) is 2.90. The highest BCUT2D eigenvalue weighted by Gasteiger charge is 2.34. The van der Waals surface area contributed by atoms with Gasteiger partial charge in [-0.1, -0.05) is 6.92 Å². The molecule has 0 aliphatic rings. The number of hydrogen-bond donors (Lipinski definition) is 1. The third kappa shape index (κ3) is 1.47. The molecular weight excluding hydrogens is 167 g/mol. The molecule has 0 aliphatic heterocycles. The molecule has 0 radical (unpaired) electrons. The highest BCUT2D eigenvalue weighted by molar-refractivity contribution is 5.31. The number of hydrogen-bond acceptors (Lipinski definition) is 0. The second-order valence-electron chi connectivity index (χ2n) is 2.68. The summed E-state index contributed by atoms with van der Waals surface area (Å²) >= 11 is 0. The summed E-state index contributed by atoms with van der Waals surface area (Å²) < 4.78 is 36.7. The van der Waals surface area contributed by atoms with Crippen LogP contribution in [0.15, 0.2) is 6.20 Å². The van der Waals surface area contributed by atoms with E-state index in [1.165, 1.54) is 6.20 Å². The molecule has 12 heavy (non-hydrogen) atoms. The molecule has 0 atom stereocenters. The molecule has 1 heterocycles. The minimum atomic E-state index is -4.25. The lowest BCUT2D eigenvalue weighted by molar-refractivity contribution is -0.141. The number of halogens is 3. The molecular formula is C8H10F3N. The number of nitrogens with one attached hydrogen (secondary N) is 1. The van der Waals surface area contributed by atoms with Gasteiger partial charge in [0.05, 0.1) is 0 Å². The number of aryl methyl sites for hydroxylation is 1. The first-order chi connectivity index (χ1) is 5.46. The molecule has 0 fully saturated rings. The molecule has 0 amide bonds. The highest BCUT2D eigenvalue weighted by Crippen LogP contribution is 2.32. The summed E-state index contributed by atoms with van der Waals surface area (Å²) in [4.78, 5) is 2.24. The SMILES string of the molecule is CCc1c(C)c[nH]c1C(F)(F)F. The second-order valence-corrected chi connectivity index (χ2v) is 2.68. The van der Waals surface area contributed by atoms with E-state index in [1.54, 1.807) is 13.8 Å². The normalized spacial score (nSPS) is 12.1. The summed E-state index contributed by atoms with van der Waals surface area (Å²) in [5.41, 5.74) is 0.426. The van der Waals surface area contributed by atoms with E-state index >= 15 is 0 Å². The van der Waals surface area contributed by atoms with Crippen LogP contribution in [0.25, 0.3) is 0 Å². The Balaban J connectivity index is 3.16. The molecule has 68 valence electrons. The predicted molar refractivity (Wildman–Crippen MR) is 39.9 cm³/mol. The first-order valence-corrected chi connectivity index (χ1v) is 3.70. The molecule has 1 rings (SSSR count). The fourth-order valence-corrected chi connectivity index (χ4v) is 1.26. The molecule has 1 aromatic heterocycles.